The molecule has 0 saturated carbocycles. The maximum Gasteiger partial charge on any atom is 0.384 e. The fourth-order valence-corrected chi connectivity index (χ4v) is 1.53. The number of esters is 1. The molecule has 0 aliphatic carbocycles. The molecule has 0 spiro atoms. The Kier molecular flexibility index (Phi) is 11.4. The molecule has 0 bridgehead atoms. The van der Waals surface area contributed by atoms with Crippen LogP contribution in [0.25, 0.3) is 0 Å². The molecule has 0 rings (SSSR count). The molecule has 0 fully saturated rings. The largest absolute Gasteiger partial charge is 0.459 e. The van der Waals surface area contributed by atoms with Crippen LogP contribution in [0.1, 0.15) is 64.7 Å². The van der Waals surface area contributed by atoms with Crippen LogP contribution in [0.3, 0.4) is 0 Å². The van der Waals surface area contributed by atoms with Crippen LogP contribution in [0.5, 0.6) is 0 Å². The Morgan fingerprint density at radius 3 is 2.12 bits per heavy atom. The fourth-order valence-electron chi connectivity index (χ4n) is 1.53. The topological polar surface area (TPSA) is 26.3 Å². The highest BCUT2D eigenvalue weighted by Crippen LogP contribution is 2.08. The van der Waals surface area contributed by atoms with Crippen LogP contribution >= 0.6 is 0 Å². The highest BCUT2D eigenvalue weighted by atomic mass is 16.5. The molecule has 0 heterocycles. The van der Waals surface area contributed by atoms with Crippen molar-refractivity contribution >= 4 is 5.97 Å². The van der Waals surface area contributed by atoms with Gasteiger partial charge in [0.05, 0.1) is 7.11 Å². The van der Waals surface area contributed by atoms with E-state index in [1.54, 1.807) is 0 Å². The summed E-state index contributed by atoms with van der Waals surface area (Å²) in [6, 6.07) is 0. The first kappa shape index (κ1) is 15.0. The highest BCUT2D eigenvalue weighted by molar-refractivity contribution is 5.88. The van der Waals surface area contributed by atoms with Crippen LogP contribution in [-0.2, 0) is 9.53 Å². The molecule has 16 heavy (non-hydrogen) atoms. The summed E-state index contributed by atoms with van der Waals surface area (Å²) in [5.74, 6) is 4.83. The van der Waals surface area contributed by atoms with Crippen molar-refractivity contribution in [1.82, 2.24) is 0 Å². The van der Waals surface area contributed by atoms with Gasteiger partial charge in [-0.3, -0.25) is 0 Å². The third kappa shape index (κ3) is 11.1. The molecular weight excluding hydrogens is 200 g/mol. The zero-order chi connectivity index (χ0) is 12.1. The quantitative estimate of drug-likeness (QED) is 0.272. The van der Waals surface area contributed by atoms with Gasteiger partial charge >= 0.3 is 5.97 Å². The molecule has 0 saturated heterocycles. The Labute approximate surface area is 99.8 Å². The highest BCUT2D eigenvalue weighted by Gasteiger charge is 1.91. The van der Waals surface area contributed by atoms with Gasteiger partial charge in [0, 0.05) is 12.3 Å². The molecule has 2 heteroatoms. The number of carbonyl (C=O) groups is 1. The van der Waals surface area contributed by atoms with E-state index in [0.29, 0.717) is 0 Å². The molecule has 0 aromatic heterocycles. The lowest BCUT2D eigenvalue weighted by Crippen LogP contribution is -1.94. The van der Waals surface area contributed by atoms with E-state index < -0.39 is 5.97 Å². The standard InChI is InChI=1S/C14H24O2/c1-3-4-5-6-7-8-9-10-11-12-13-14(15)16-2/h3-11H2,1-2H3. The van der Waals surface area contributed by atoms with Gasteiger partial charge in [0.1, 0.15) is 0 Å². The summed E-state index contributed by atoms with van der Waals surface area (Å²) in [6.07, 6.45) is 11.2. The van der Waals surface area contributed by atoms with E-state index in [9.17, 15) is 4.79 Å². The average molecular weight is 224 g/mol. The first-order chi connectivity index (χ1) is 7.81. The molecule has 2 nitrogen and oxygen atoms in total. The summed E-state index contributed by atoms with van der Waals surface area (Å²) in [6.45, 7) is 2.24. The minimum atomic E-state index is -0.431. The summed E-state index contributed by atoms with van der Waals surface area (Å²) >= 11 is 0. The summed E-state index contributed by atoms with van der Waals surface area (Å²) in [5.41, 5.74) is 0. The summed E-state index contributed by atoms with van der Waals surface area (Å²) < 4.78 is 4.42. The Balaban J connectivity index is 3.14. The first-order valence-electron chi connectivity index (χ1n) is 6.38. The van der Waals surface area contributed by atoms with Gasteiger partial charge in [-0.2, -0.15) is 0 Å². The summed E-state index contributed by atoms with van der Waals surface area (Å²) in [4.78, 5) is 10.7. The maximum absolute atomic E-state index is 10.7. The maximum atomic E-state index is 10.7. The zero-order valence-electron chi connectivity index (χ0n) is 10.7. The van der Waals surface area contributed by atoms with Crippen molar-refractivity contribution < 1.29 is 9.53 Å². The first-order valence-corrected chi connectivity index (χ1v) is 6.38. The van der Waals surface area contributed by atoms with Gasteiger partial charge in [-0.1, -0.05) is 57.8 Å². The summed E-state index contributed by atoms with van der Waals surface area (Å²) in [5, 5.41) is 0. The van der Waals surface area contributed by atoms with E-state index in [1.807, 2.05) is 0 Å². The lowest BCUT2D eigenvalue weighted by atomic mass is 10.1. The second kappa shape index (κ2) is 12.1. The van der Waals surface area contributed by atoms with E-state index in [0.717, 1.165) is 12.8 Å². The number of hydrogen-bond donors (Lipinski definition) is 0. The van der Waals surface area contributed by atoms with Gasteiger partial charge in [0.2, 0.25) is 0 Å². The van der Waals surface area contributed by atoms with Gasteiger partial charge in [-0.15, -0.1) is 0 Å². The number of unbranched alkanes of at least 4 members (excludes halogenated alkanes) is 8. The minimum Gasteiger partial charge on any atom is -0.459 e. The smallest absolute Gasteiger partial charge is 0.384 e. The van der Waals surface area contributed by atoms with E-state index in [4.69, 9.17) is 0 Å². The van der Waals surface area contributed by atoms with Crippen LogP contribution in [-0.4, -0.2) is 13.1 Å². The lowest BCUT2D eigenvalue weighted by molar-refractivity contribution is -0.133. The molecule has 0 radical (unpaired) electrons. The van der Waals surface area contributed by atoms with Crippen molar-refractivity contribution in [2.45, 2.75) is 64.7 Å². The van der Waals surface area contributed by atoms with Crippen molar-refractivity contribution in [3.05, 3.63) is 0 Å². The minimum absolute atomic E-state index is 0.431. The van der Waals surface area contributed by atoms with Gasteiger partial charge in [0.15, 0.2) is 0 Å². The second-order valence-electron chi connectivity index (χ2n) is 4.02. The van der Waals surface area contributed by atoms with Crippen LogP contribution in [0.15, 0.2) is 0 Å². The molecule has 0 aliphatic rings. The summed E-state index contributed by atoms with van der Waals surface area (Å²) in [7, 11) is 1.35. The Hall–Kier alpha value is -0.970. The fraction of sp³-hybridized carbons (Fsp3) is 0.786. The molecule has 0 aliphatic heterocycles. The average Bonchev–Trinajstić information content (AvgIpc) is 2.31. The zero-order valence-corrected chi connectivity index (χ0v) is 10.7. The SMILES string of the molecule is CCCCCCCCCCC#CC(=O)OC. The van der Waals surface area contributed by atoms with Crippen molar-refractivity contribution in [1.29, 1.82) is 0 Å². The van der Waals surface area contributed by atoms with Gasteiger partial charge in [0.25, 0.3) is 0 Å². The van der Waals surface area contributed by atoms with Crippen molar-refractivity contribution in [3.63, 3.8) is 0 Å². The number of hydrogen-bond acceptors (Lipinski definition) is 2. The van der Waals surface area contributed by atoms with E-state index in [1.165, 1.54) is 52.1 Å². The van der Waals surface area contributed by atoms with Gasteiger partial charge in [-0.05, 0) is 6.42 Å². The third-order valence-electron chi connectivity index (χ3n) is 2.53. The van der Waals surface area contributed by atoms with Crippen molar-refractivity contribution in [2.24, 2.45) is 0 Å². The predicted molar refractivity (Wildman–Crippen MR) is 67.0 cm³/mol. The molecule has 0 aromatic carbocycles. The Morgan fingerprint density at radius 2 is 1.56 bits per heavy atom. The molecule has 0 unspecified atom stereocenters. The Morgan fingerprint density at radius 1 is 1.00 bits per heavy atom. The molecule has 0 atom stereocenters. The molecular formula is C14H24O2. The van der Waals surface area contributed by atoms with Crippen LogP contribution < -0.4 is 0 Å². The third-order valence-corrected chi connectivity index (χ3v) is 2.53. The van der Waals surface area contributed by atoms with Crippen molar-refractivity contribution in [3.8, 4) is 11.8 Å². The number of rotatable bonds is 8. The molecule has 0 N–H and O–H groups in total. The van der Waals surface area contributed by atoms with Crippen LogP contribution in [0, 0.1) is 11.8 Å². The van der Waals surface area contributed by atoms with E-state index in [-0.39, 0.29) is 0 Å². The second-order valence-corrected chi connectivity index (χ2v) is 4.02. The van der Waals surface area contributed by atoms with Crippen LogP contribution in [0.4, 0.5) is 0 Å². The van der Waals surface area contributed by atoms with E-state index in [2.05, 4.69) is 23.5 Å². The molecule has 0 aromatic rings. The Bertz CT molecular complexity index is 223. The normalized spacial score (nSPS) is 9.38. The lowest BCUT2D eigenvalue weighted by Gasteiger charge is -1.99. The van der Waals surface area contributed by atoms with Gasteiger partial charge in [-0.25, -0.2) is 4.79 Å². The molecule has 0 amide bonds. The number of ether oxygens (including phenoxy) is 1. The molecule has 92 valence electrons. The van der Waals surface area contributed by atoms with Gasteiger partial charge < -0.3 is 4.74 Å². The number of methoxy groups -OCH3 is 1. The van der Waals surface area contributed by atoms with Crippen LogP contribution in [0.2, 0.25) is 0 Å². The predicted octanol–water partition coefficient (Wildman–Crippen LogP) is 3.69. The number of carbonyl (C=O) groups excluding carboxylic acids is 1. The van der Waals surface area contributed by atoms with Crippen molar-refractivity contribution in [2.75, 3.05) is 7.11 Å². The monoisotopic (exact) mass is 224 g/mol. The van der Waals surface area contributed by atoms with E-state index >= 15 is 0 Å².